The van der Waals surface area contributed by atoms with Gasteiger partial charge in [-0.1, -0.05) is 12.1 Å². The predicted octanol–water partition coefficient (Wildman–Crippen LogP) is 1.76. The second-order valence-corrected chi connectivity index (χ2v) is 4.56. The number of ketones is 1. The first-order valence-electron chi connectivity index (χ1n) is 4.68. The smallest absolute Gasteiger partial charge is 0.303 e. The van der Waals surface area contributed by atoms with Crippen LogP contribution in [0.3, 0.4) is 0 Å². The molecular weight excluding hydrogens is 323 g/mol. The molecule has 16 heavy (non-hydrogen) atoms. The second-order valence-electron chi connectivity index (χ2n) is 3.32. The number of aliphatic carboxylic acids is 1. The molecular formula is C11H11IO4. The molecule has 2 N–H and O–H groups in total. The molecule has 1 aromatic carbocycles. The SMILES string of the molecule is O=C(O)CCC(=O)[C@H](O)c1cccc(I)c1. The molecule has 0 bridgehead atoms. The number of halogens is 1. The van der Waals surface area contributed by atoms with Gasteiger partial charge in [0.25, 0.3) is 0 Å². The first-order chi connectivity index (χ1) is 7.50. The van der Waals surface area contributed by atoms with Crippen LogP contribution in [0.4, 0.5) is 0 Å². The minimum absolute atomic E-state index is 0.151. The highest BCUT2D eigenvalue weighted by Crippen LogP contribution is 2.18. The average Bonchev–Trinajstić information content (AvgIpc) is 2.24. The van der Waals surface area contributed by atoms with Crippen molar-refractivity contribution in [2.75, 3.05) is 0 Å². The van der Waals surface area contributed by atoms with Crippen molar-refractivity contribution in [3.63, 3.8) is 0 Å². The van der Waals surface area contributed by atoms with E-state index >= 15 is 0 Å². The van der Waals surface area contributed by atoms with E-state index in [4.69, 9.17) is 5.11 Å². The fraction of sp³-hybridized carbons (Fsp3) is 0.273. The fourth-order valence-electron chi connectivity index (χ4n) is 1.23. The van der Waals surface area contributed by atoms with Crippen LogP contribution in [-0.4, -0.2) is 22.0 Å². The number of carboxylic acids is 1. The standard InChI is InChI=1S/C11H11IO4/c12-8-3-1-2-7(6-8)11(16)9(13)4-5-10(14)15/h1-3,6,11,16H,4-5H2,(H,14,15)/t11-/m1/s1. The van der Waals surface area contributed by atoms with Crippen LogP contribution in [0.15, 0.2) is 24.3 Å². The number of Topliss-reactive ketones (excluding diaryl/α,β-unsaturated/α-hetero) is 1. The Hall–Kier alpha value is -0.950. The Balaban J connectivity index is 2.66. The number of hydrogen-bond donors (Lipinski definition) is 2. The lowest BCUT2D eigenvalue weighted by molar-refractivity contribution is -0.139. The Labute approximate surface area is 106 Å². The second kappa shape index (κ2) is 5.95. The van der Waals surface area contributed by atoms with Crippen LogP contribution in [0.1, 0.15) is 24.5 Å². The van der Waals surface area contributed by atoms with E-state index in [-0.39, 0.29) is 12.8 Å². The summed E-state index contributed by atoms with van der Waals surface area (Å²) in [5.74, 6) is -1.51. The van der Waals surface area contributed by atoms with Gasteiger partial charge >= 0.3 is 5.97 Å². The Bertz CT molecular complexity index is 403. The molecule has 1 aromatic rings. The van der Waals surface area contributed by atoms with Gasteiger partial charge in [-0.25, -0.2) is 0 Å². The van der Waals surface area contributed by atoms with Crippen molar-refractivity contribution in [2.24, 2.45) is 0 Å². The summed E-state index contributed by atoms with van der Waals surface area (Å²) in [4.78, 5) is 21.7. The van der Waals surface area contributed by atoms with Gasteiger partial charge in [0.15, 0.2) is 5.78 Å². The van der Waals surface area contributed by atoms with Crippen molar-refractivity contribution in [3.8, 4) is 0 Å². The quantitative estimate of drug-likeness (QED) is 0.805. The minimum atomic E-state index is -1.23. The van der Waals surface area contributed by atoms with E-state index in [1.54, 1.807) is 18.2 Å². The molecule has 0 saturated carbocycles. The van der Waals surface area contributed by atoms with Crippen LogP contribution in [-0.2, 0) is 9.59 Å². The van der Waals surface area contributed by atoms with Gasteiger partial charge in [0.1, 0.15) is 6.10 Å². The van der Waals surface area contributed by atoms with Crippen LogP contribution in [0.2, 0.25) is 0 Å². The van der Waals surface area contributed by atoms with Gasteiger partial charge in [0.2, 0.25) is 0 Å². The molecule has 0 heterocycles. The summed E-state index contributed by atoms with van der Waals surface area (Å²) in [6, 6.07) is 6.93. The molecule has 0 aromatic heterocycles. The number of carbonyl (C=O) groups is 2. The zero-order valence-electron chi connectivity index (χ0n) is 8.39. The molecule has 0 aliphatic rings. The maximum absolute atomic E-state index is 11.4. The number of carboxylic acid groups (broad SMARTS) is 1. The van der Waals surface area contributed by atoms with Crippen molar-refractivity contribution in [2.45, 2.75) is 18.9 Å². The van der Waals surface area contributed by atoms with Gasteiger partial charge in [-0.3, -0.25) is 9.59 Å². The van der Waals surface area contributed by atoms with Gasteiger partial charge < -0.3 is 10.2 Å². The summed E-state index contributed by atoms with van der Waals surface area (Å²) in [7, 11) is 0. The van der Waals surface area contributed by atoms with E-state index in [1.807, 2.05) is 6.07 Å². The average molecular weight is 334 g/mol. The van der Waals surface area contributed by atoms with Crippen LogP contribution < -0.4 is 0 Å². The Kier molecular flexibility index (Phi) is 4.88. The third-order valence-electron chi connectivity index (χ3n) is 2.05. The Morgan fingerprint density at radius 2 is 2.00 bits per heavy atom. The van der Waals surface area contributed by atoms with Crippen LogP contribution in [0, 0.1) is 3.57 Å². The van der Waals surface area contributed by atoms with E-state index in [9.17, 15) is 14.7 Å². The maximum Gasteiger partial charge on any atom is 0.303 e. The molecule has 86 valence electrons. The van der Waals surface area contributed by atoms with Crippen molar-refractivity contribution in [1.29, 1.82) is 0 Å². The fourth-order valence-corrected chi connectivity index (χ4v) is 1.80. The lowest BCUT2D eigenvalue weighted by Crippen LogP contribution is -2.13. The highest BCUT2D eigenvalue weighted by atomic mass is 127. The zero-order chi connectivity index (χ0) is 12.1. The lowest BCUT2D eigenvalue weighted by Gasteiger charge is -2.09. The van der Waals surface area contributed by atoms with Crippen LogP contribution in [0.5, 0.6) is 0 Å². The van der Waals surface area contributed by atoms with Gasteiger partial charge in [0.05, 0.1) is 6.42 Å². The number of carbonyl (C=O) groups excluding carboxylic acids is 1. The largest absolute Gasteiger partial charge is 0.481 e. The molecule has 1 atom stereocenters. The summed E-state index contributed by atoms with van der Waals surface area (Å²) >= 11 is 2.08. The molecule has 0 fully saturated rings. The number of rotatable bonds is 5. The normalized spacial score (nSPS) is 12.1. The molecule has 0 unspecified atom stereocenters. The number of hydrogen-bond acceptors (Lipinski definition) is 3. The molecule has 5 heteroatoms. The molecule has 0 aliphatic heterocycles. The highest BCUT2D eigenvalue weighted by Gasteiger charge is 2.18. The first-order valence-corrected chi connectivity index (χ1v) is 5.76. The van der Waals surface area contributed by atoms with Gasteiger partial charge in [-0.15, -0.1) is 0 Å². The molecule has 1 rings (SSSR count). The maximum atomic E-state index is 11.4. The predicted molar refractivity (Wildman–Crippen MR) is 66.0 cm³/mol. The van der Waals surface area contributed by atoms with Crippen molar-refractivity contribution in [3.05, 3.63) is 33.4 Å². The highest BCUT2D eigenvalue weighted by molar-refractivity contribution is 14.1. The summed E-state index contributed by atoms with van der Waals surface area (Å²) < 4.78 is 0.917. The van der Waals surface area contributed by atoms with E-state index in [0.717, 1.165) is 3.57 Å². The first kappa shape index (κ1) is 13.1. The molecule has 0 radical (unpaired) electrons. The third-order valence-corrected chi connectivity index (χ3v) is 2.73. The van der Waals surface area contributed by atoms with E-state index in [0.29, 0.717) is 5.56 Å². The molecule has 0 aliphatic carbocycles. The van der Waals surface area contributed by atoms with Crippen molar-refractivity contribution >= 4 is 34.3 Å². The summed E-state index contributed by atoms with van der Waals surface area (Å²) in [5, 5.41) is 18.1. The topological polar surface area (TPSA) is 74.6 Å². The Morgan fingerprint density at radius 3 is 2.56 bits per heavy atom. The van der Waals surface area contributed by atoms with Gasteiger partial charge in [0, 0.05) is 9.99 Å². The summed E-state index contributed by atoms with van der Waals surface area (Å²) in [5.41, 5.74) is 0.502. The molecule has 4 nitrogen and oxygen atoms in total. The minimum Gasteiger partial charge on any atom is -0.481 e. The third kappa shape index (κ3) is 3.90. The Morgan fingerprint density at radius 1 is 1.31 bits per heavy atom. The van der Waals surface area contributed by atoms with E-state index in [2.05, 4.69) is 22.6 Å². The zero-order valence-corrected chi connectivity index (χ0v) is 10.5. The number of aliphatic hydroxyl groups is 1. The van der Waals surface area contributed by atoms with Gasteiger partial charge in [-0.2, -0.15) is 0 Å². The monoisotopic (exact) mass is 334 g/mol. The molecule has 0 spiro atoms. The summed E-state index contributed by atoms with van der Waals surface area (Å²) in [6.45, 7) is 0. The van der Waals surface area contributed by atoms with E-state index in [1.165, 1.54) is 0 Å². The van der Waals surface area contributed by atoms with Crippen molar-refractivity contribution in [1.82, 2.24) is 0 Å². The van der Waals surface area contributed by atoms with Crippen molar-refractivity contribution < 1.29 is 19.8 Å². The van der Waals surface area contributed by atoms with E-state index < -0.39 is 17.9 Å². The van der Waals surface area contributed by atoms with Crippen LogP contribution in [0.25, 0.3) is 0 Å². The molecule has 0 saturated heterocycles. The summed E-state index contributed by atoms with van der Waals surface area (Å²) in [6.07, 6.45) is -1.63. The molecule has 0 amide bonds. The van der Waals surface area contributed by atoms with Gasteiger partial charge in [-0.05, 0) is 40.3 Å². The number of benzene rings is 1. The van der Waals surface area contributed by atoms with Crippen LogP contribution >= 0.6 is 22.6 Å². The number of aliphatic hydroxyl groups excluding tert-OH is 1. The lowest BCUT2D eigenvalue weighted by atomic mass is 10.0.